The molecule has 1 aliphatic heterocycles. The molecule has 1 unspecified atom stereocenters. The molecule has 1 fully saturated rings. The van der Waals surface area contributed by atoms with Crippen molar-refractivity contribution < 1.29 is 0 Å². The fourth-order valence-corrected chi connectivity index (χ4v) is 4.52. The number of aromatic nitrogens is 4. The van der Waals surface area contributed by atoms with E-state index in [0.29, 0.717) is 17.2 Å². The zero-order valence-corrected chi connectivity index (χ0v) is 17.2. The molecular weight excluding hydrogens is 398 g/mol. The van der Waals surface area contributed by atoms with E-state index in [4.69, 9.17) is 16.7 Å². The summed E-state index contributed by atoms with van der Waals surface area (Å²) in [7, 11) is 0. The van der Waals surface area contributed by atoms with E-state index < -0.39 is 0 Å². The number of pyridine rings is 1. The predicted molar refractivity (Wildman–Crippen MR) is 118 cm³/mol. The van der Waals surface area contributed by atoms with Crippen LogP contribution in [0, 0.1) is 0 Å². The fourth-order valence-electron chi connectivity index (χ4n) is 4.31. The molecule has 0 aliphatic carbocycles. The maximum absolute atomic E-state index is 12.2. The summed E-state index contributed by atoms with van der Waals surface area (Å²) in [5.41, 5.74) is 4.18. The molecule has 6 nitrogen and oxygen atoms in total. The van der Waals surface area contributed by atoms with E-state index >= 15 is 0 Å². The van der Waals surface area contributed by atoms with Crippen molar-refractivity contribution in [3.63, 3.8) is 0 Å². The molecule has 0 spiro atoms. The Kier molecular flexibility index (Phi) is 5.11. The van der Waals surface area contributed by atoms with Crippen molar-refractivity contribution in [1.29, 1.82) is 0 Å². The SMILES string of the molecule is O=c1[nH]cccc1-c1cc2nccc(C3CCCN(Cc4cccc(Cl)c4)C3)n2n1. The molecule has 4 heterocycles. The molecule has 5 rings (SSSR count). The third-order valence-electron chi connectivity index (χ3n) is 5.70. The number of nitrogens with zero attached hydrogens (tertiary/aromatic N) is 4. The second-order valence-electron chi connectivity index (χ2n) is 7.79. The lowest BCUT2D eigenvalue weighted by Crippen LogP contribution is -2.34. The van der Waals surface area contributed by atoms with Crippen LogP contribution in [-0.2, 0) is 6.54 Å². The van der Waals surface area contributed by atoms with Crippen LogP contribution in [0.1, 0.15) is 30.0 Å². The monoisotopic (exact) mass is 419 g/mol. The average molecular weight is 420 g/mol. The summed E-state index contributed by atoms with van der Waals surface area (Å²) in [5, 5.41) is 5.51. The molecular formula is C23H22ClN5O. The molecule has 3 aromatic heterocycles. The van der Waals surface area contributed by atoms with Crippen LogP contribution in [0.4, 0.5) is 0 Å². The number of aromatic amines is 1. The zero-order valence-electron chi connectivity index (χ0n) is 16.5. The Morgan fingerprint density at radius 2 is 2.10 bits per heavy atom. The Labute approximate surface area is 179 Å². The van der Waals surface area contributed by atoms with E-state index in [1.54, 1.807) is 12.3 Å². The van der Waals surface area contributed by atoms with Gasteiger partial charge in [-0.2, -0.15) is 5.10 Å². The standard InChI is InChI=1S/C23H22ClN5O/c24-18-6-1-4-16(12-18)14-28-11-3-5-17(15-28)21-8-10-25-22-13-20(27-29(21)22)19-7-2-9-26-23(19)30/h1-2,4,6-10,12-13,17H,3,5,11,14-15H2,(H,26,30). The van der Waals surface area contributed by atoms with Crippen LogP contribution in [0.3, 0.4) is 0 Å². The number of fused-ring (bicyclic) bond motifs is 1. The first-order chi connectivity index (χ1) is 14.7. The third-order valence-corrected chi connectivity index (χ3v) is 5.94. The highest BCUT2D eigenvalue weighted by Crippen LogP contribution is 2.29. The van der Waals surface area contributed by atoms with Gasteiger partial charge in [0.25, 0.3) is 5.56 Å². The van der Waals surface area contributed by atoms with Crippen LogP contribution < -0.4 is 5.56 Å². The van der Waals surface area contributed by atoms with Gasteiger partial charge in [0.2, 0.25) is 0 Å². The van der Waals surface area contributed by atoms with Gasteiger partial charge in [-0.1, -0.05) is 23.7 Å². The Morgan fingerprint density at radius 3 is 2.97 bits per heavy atom. The van der Waals surface area contributed by atoms with Gasteiger partial charge in [-0.15, -0.1) is 0 Å². The molecule has 0 amide bonds. The first-order valence-electron chi connectivity index (χ1n) is 10.2. The Bertz CT molecular complexity index is 1250. The van der Waals surface area contributed by atoms with Gasteiger partial charge in [-0.25, -0.2) is 9.50 Å². The molecule has 30 heavy (non-hydrogen) atoms. The van der Waals surface area contributed by atoms with Crippen molar-refractivity contribution in [2.45, 2.75) is 25.3 Å². The highest BCUT2D eigenvalue weighted by Gasteiger charge is 2.24. The molecule has 152 valence electrons. The maximum Gasteiger partial charge on any atom is 0.257 e. The number of H-pyrrole nitrogens is 1. The summed E-state index contributed by atoms with van der Waals surface area (Å²) < 4.78 is 1.90. The first-order valence-corrected chi connectivity index (χ1v) is 10.5. The Morgan fingerprint density at radius 1 is 1.17 bits per heavy atom. The third kappa shape index (κ3) is 3.76. The number of piperidine rings is 1. The van der Waals surface area contributed by atoms with Gasteiger partial charge in [-0.3, -0.25) is 9.69 Å². The molecule has 0 radical (unpaired) electrons. The number of hydrogen-bond acceptors (Lipinski definition) is 4. The van der Waals surface area contributed by atoms with Crippen LogP contribution in [0.2, 0.25) is 5.02 Å². The van der Waals surface area contributed by atoms with E-state index in [-0.39, 0.29) is 5.56 Å². The van der Waals surface area contributed by atoms with Crippen LogP contribution in [0.5, 0.6) is 0 Å². The Balaban J connectivity index is 1.44. The minimum absolute atomic E-state index is 0.146. The highest BCUT2D eigenvalue weighted by molar-refractivity contribution is 6.30. The minimum atomic E-state index is -0.146. The normalized spacial score (nSPS) is 17.4. The molecule has 1 saturated heterocycles. The Hall–Kier alpha value is -2.96. The van der Waals surface area contributed by atoms with Gasteiger partial charge in [0.15, 0.2) is 5.65 Å². The summed E-state index contributed by atoms with van der Waals surface area (Å²) in [4.78, 5) is 21.8. The minimum Gasteiger partial charge on any atom is -0.329 e. The summed E-state index contributed by atoms with van der Waals surface area (Å²) in [6.07, 6.45) is 5.69. The van der Waals surface area contributed by atoms with E-state index in [9.17, 15) is 4.79 Å². The number of hydrogen-bond donors (Lipinski definition) is 1. The van der Waals surface area contributed by atoms with Crippen LogP contribution in [-0.4, -0.2) is 37.6 Å². The predicted octanol–water partition coefficient (Wildman–Crippen LogP) is 4.12. The maximum atomic E-state index is 12.2. The lowest BCUT2D eigenvalue weighted by Gasteiger charge is -2.33. The van der Waals surface area contributed by atoms with Gasteiger partial charge >= 0.3 is 0 Å². The smallest absolute Gasteiger partial charge is 0.257 e. The van der Waals surface area contributed by atoms with E-state index in [1.165, 1.54) is 5.56 Å². The topological polar surface area (TPSA) is 66.3 Å². The van der Waals surface area contributed by atoms with Crippen molar-refractivity contribution in [3.05, 3.63) is 87.6 Å². The lowest BCUT2D eigenvalue weighted by molar-refractivity contribution is 0.197. The average Bonchev–Trinajstić information content (AvgIpc) is 3.18. The number of benzene rings is 1. The summed E-state index contributed by atoms with van der Waals surface area (Å²) in [6.45, 7) is 2.91. The second-order valence-corrected chi connectivity index (χ2v) is 8.22. The number of likely N-dealkylation sites (tertiary alicyclic amines) is 1. The van der Waals surface area contributed by atoms with Crippen molar-refractivity contribution in [3.8, 4) is 11.3 Å². The van der Waals surface area contributed by atoms with Crippen LogP contribution in [0.25, 0.3) is 16.9 Å². The van der Waals surface area contributed by atoms with Crippen LogP contribution >= 0.6 is 11.6 Å². The molecule has 7 heteroatoms. The molecule has 1 aromatic carbocycles. The summed E-state index contributed by atoms with van der Waals surface area (Å²) in [5.74, 6) is 0.352. The quantitative estimate of drug-likeness (QED) is 0.540. The van der Waals surface area contributed by atoms with Gasteiger partial charge in [0.1, 0.15) is 5.69 Å². The van der Waals surface area contributed by atoms with Crippen molar-refractivity contribution in [2.24, 2.45) is 0 Å². The van der Waals surface area contributed by atoms with Crippen molar-refractivity contribution >= 4 is 17.2 Å². The molecule has 4 aromatic rings. The van der Waals surface area contributed by atoms with Gasteiger partial charge in [-0.05, 0) is 55.3 Å². The van der Waals surface area contributed by atoms with Crippen LogP contribution in [0.15, 0.2) is 65.7 Å². The largest absolute Gasteiger partial charge is 0.329 e. The molecule has 0 bridgehead atoms. The van der Waals surface area contributed by atoms with Crippen molar-refractivity contribution in [1.82, 2.24) is 24.5 Å². The molecule has 1 N–H and O–H groups in total. The van der Waals surface area contributed by atoms with E-state index in [0.717, 1.165) is 48.8 Å². The fraction of sp³-hybridized carbons (Fsp3) is 0.261. The summed E-state index contributed by atoms with van der Waals surface area (Å²) in [6, 6.07) is 15.6. The van der Waals surface area contributed by atoms with Gasteiger partial charge < -0.3 is 4.98 Å². The number of halogens is 1. The van der Waals surface area contributed by atoms with Crippen molar-refractivity contribution in [2.75, 3.05) is 13.1 Å². The van der Waals surface area contributed by atoms with E-state index in [2.05, 4.69) is 20.9 Å². The zero-order chi connectivity index (χ0) is 20.5. The highest BCUT2D eigenvalue weighted by atomic mass is 35.5. The second kappa shape index (κ2) is 8.05. The molecule has 1 aliphatic rings. The van der Waals surface area contributed by atoms with E-state index in [1.807, 2.05) is 47.1 Å². The lowest BCUT2D eigenvalue weighted by atomic mass is 9.94. The summed E-state index contributed by atoms with van der Waals surface area (Å²) >= 11 is 6.15. The number of nitrogens with one attached hydrogen (secondary N) is 1. The first kappa shape index (κ1) is 19.0. The molecule has 1 atom stereocenters. The van der Waals surface area contributed by atoms with Gasteiger partial charge in [0, 0.05) is 42.5 Å². The van der Waals surface area contributed by atoms with Gasteiger partial charge in [0.05, 0.1) is 11.3 Å². The molecule has 0 saturated carbocycles. The number of rotatable bonds is 4.